The van der Waals surface area contributed by atoms with E-state index in [1.165, 1.54) is 23.8 Å². The lowest BCUT2D eigenvalue weighted by Gasteiger charge is -2.09. The number of halogens is 2. The van der Waals surface area contributed by atoms with Gasteiger partial charge >= 0.3 is 5.97 Å². The average molecular weight is 447 g/mol. The zero-order chi connectivity index (χ0) is 23.6. The van der Waals surface area contributed by atoms with Crippen molar-refractivity contribution in [3.8, 4) is 16.9 Å². The molecule has 0 amide bonds. The van der Waals surface area contributed by atoms with Gasteiger partial charge in [0.15, 0.2) is 0 Å². The molecular formula is C29H28F2O2. The molecule has 3 aromatic rings. The summed E-state index contributed by atoms with van der Waals surface area (Å²) < 4.78 is 34.4. The Hall–Kier alpha value is -3.53. The minimum absolute atomic E-state index is 0.0285. The predicted octanol–water partition coefficient (Wildman–Crippen LogP) is 7.87. The quantitative estimate of drug-likeness (QED) is 0.190. The van der Waals surface area contributed by atoms with Crippen LogP contribution < -0.4 is 4.74 Å². The average Bonchev–Trinajstić information content (AvgIpc) is 2.80. The van der Waals surface area contributed by atoms with Gasteiger partial charge in [0.05, 0.1) is 5.56 Å². The molecule has 33 heavy (non-hydrogen) atoms. The summed E-state index contributed by atoms with van der Waals surface area (Å²) in [5.41, 5.74) is 2.94. The number of hydrogen-bond acceptors (Lipinski definition) is 2. The van der Waals surface area contributed by atoms with Crippen LogP contribution in [0, 0.1) is 11.6 Å². The Morgan fingerprint density at radius 2 is 1.42 bits per heavy atom. The number of carbonyl (C=O) groups excluding carboxylic acids is 1. The summed E-state index contributed by atoms with van der Waals surface area (Å²) in [5.74, 6) is -1.99. The number of hydrogen-bond donors (Lipinski definition) is 0. The first-order valence-electron chi connectivity index (χ1n) is 11.1. The fourth-order valence-corrected chi connectivity index (χ4v) is 3.52. The highest BCUT2D eigenvalue weighted by Crippen LogP contribution is 2.27. The molecular weight excluding hydrogens is 418 g/mol. The summed E-state index contributed by atoms with van der Waals surface area (Å²) in [7, 11) is 0. The molecule has 0 aliphatic carbocycles. The maximum absolute atomic E-state index is 14.7. The SMILES string of the molecule is C/C=C/CCc1ccc(-c2ccc(OC(=O)c3ccc(CC/C=C/C)cc3F)cc2F)cc1. The first-order chi connectivity index (χ1) is 16.0. The van der Waals surface area contributed by atoms with E-state index in [9.17, 15) is 13.6 Å². The Balaban J connectivity index is 1.68. The fourth-order valence-electron chi connectivity index (χ4n) is 3.52. The van der Waals surface area contributed by atoms with E-state index >= 15 is 0 Å². The molecule has 0 aliphatic rings. The lowest BCUT2D eigenvalue weighted by Crippen LogP contribution is -2.11. The lowest BCUT2D eigenvalue weighted by molar-refractivity contribution is 0.0729. The van der Waals surface area contributed by atoms with E-state index in [4.69, 9.17) is 4.74 Å². The Morgan fingerprint density at radius 3 is 2.03 bits per heavy atom. The molecule has 0 heterocycles. The van der Waals surface area contributed by atoms with E-state index in [0.29, 0.717) is 12.0 Å². The van der Waals surface area contributed by atoms with Gasteiger partial charge in [-0.15, -0.1) is 0 Å². The van der Waals surface area contributed by atoms with Crippen molar-refractivity contribution < 1.29 is 18.3 Å². The Bertz CT molecular complexity index is 1140. The van der Waals surface area contributed by atoms with Crippen molar-refractivity contribution >= 4 is 5.97 Å². The maximum Gasteiger partial charge on any atom is 0.346 e. The molecule has 4 heteroatoms. The number of benzene rings is 3. The van der Waals surface area contributed by atoms with E-state index in [2.05, 4.69) is 6.08 Å². The fraction of sp³-hybridized carbons (Fsp3) is 0.207. The van der Waals surface area contributed by atoms with Gasteiger partial charge in [-0.25, -0.2) is 13.6 Å². The van der Waals surface area contributed by atoms with Gasteiger partial charge in [0, 0.05) is 11.6 Å². The first kappa shape index (κ1) is 24.1. The summed E-state index contributed by atoms with van der Waals surface area (Å²) in [5, 5.41) is 0. The smallest absolute Gasteiger partial charge is 0.346 e. The molecule has 2 nitrogen and oxygen atoms in total. The zero-order valence-electron chi connectivity index (χ0n) is 19.0. The van der Waals surface area contributed by atoms with Crippen molar-refractivity contribution in [2.24, 2.45) is 0 Å². The third-order valence-electron chi connectivity index (χ3n) is 5.34. The molecule has 0 fully saturated rings. The first-order valence-corrected chi connectivity index (χ1v) is 11.1. The summed E-state index contributed by atoms with van der Waals surface area (Å²) in [6, 6.07) is 16.4. The van der Waals surface area contributed by atoms with Crippen molar-refractivity contribution in [1.29, 1.82) is 0 Å². The summed E-state index contributed by atoms with van der Waals surface area (Å²) in [4.78, 5) is 12.4. The number of allylic oxidation sites excluding steroid dienone is 4. The summed E-state index contributed by atoms with van der Waals surface area (Å²) in [6.45, 7) is 3.92. The van der Waals surface area contributed by atoms with Gasteiger partial charge in [0.25, 0.3) is 0 Å². The molecule has 0 saturated carbocycles. The van der Waals surface area contributed by atoms with Crippen LogP contribution in [0.5, 0.6) is 5.75 Å². The second kappa shape index (κ2) is 11.9. The van der Waals surface area contributed by atoms with Crippen molar-refractivity contribution in [1.82, 2.24) is 0 Å². The minimum atomic E-state index is -0.856. The largest absolute Gasteiger partial charge is 0.423 e. The van der Waals surface area contributed by atoms with Crippen LogP contribution in [0.4, 0.5) is 8.78 Å². The number of carbonyl (C=O) groups is 1. The molecule has 0 saturated heterocycles. The van der Waals surface area contributed by atoms with Gasteiger partial charge in [0.1, 0.15) is 17.4 Å². The van der Waals surface area contributed by atoms with E-state index in [1.54, 1.807) is 12.1 Å². The monoisotopic (exact) mass is 446 g/mol. The third-order valence-corrected chi connectivity index (χ3v) is 5.34. The number of aryl methyl sites for hydroxylation is 2. The molecule has 0 bridgehead atoms. The molecule has 3 aromatic carbocycles. The molecule has 0 atom stereocenters. The number of rotatable bonds is 9. The van der Waals surface area contributed by atoms with Crippen molar-refractivity contribution in [3.63, 3.8) is 0 Å². The van der Waals surface area contributed by atoms with Crippen LogP contribution >= 0.6 is 0 Å². The molecule has 3 rings (SSSR count). The third kappa shape index (κ3) is 6.72. The van der Waals surface area contributed by atoms with Crippen LogP contribution in [0.2, 0.25) is 0 Å². The van der Waals surface area contributed by atoms with Crippen LogP contribution in [0.1, 0.15) is 48.2 Å². The molecule has 170 valence electrons. The highest BCUT2D eigenvalue weighted by atomic mass is 19.1. The van der Waals surface area contributed by atoms with Crippen LogP contribution in [-0.4, -0.2) is 5.97 Å². The lowest BCUT2D eigenvalue weighted by atomic mass is 10.0. The molecule has 0 aliphatic heterocycles. The van der Waals surface area contributed by atoms with Crippen LogP contribution in [0.25, 0.3) is 11.1 Å². The second-order valence-corrected chi connectivity index (χ2v) is 7.76. The van der Waals surface area contributed by atoms with Crippen molar-refractivity contribution in [3.05, 3.63) is 113 Å². The van der Waals surface area contributed by atoms with Crippen molar-refractivity contribution in [2.45, 2.75) is 39.5 Å². The van der Waals surface area contributed by atoms with Gasteiger partial charge in [-0.05, 0) is 80.5 Å². The maximum atomic E-state index is 14.7. The molecule has 0 unspecified atom stereocenters. The molecule has 0 aromatic heterocycles. The van der Waals surface area contributed by atoms with Gasteiger partial charge in [-0.2, -0.15) is 0 Å². The van der Waals surface area contributed by atoms with Gasteiger partial charge in [0.2, 0.25) is 0 Å². The molecule has 0 spiro atoms. The molecule has 0 radical (unpaired) electrons. The van der Waals surface area contributed by atoms with Crippen LogP contribution in [0.15, 0.2) is 85.0 Å². The van der Waals surface area contributed by atoms with Crippen LogP contribution in [0.3, 0.4) is 0 Å². The van der Waals surface area contributed by atoms with Crippen molar-refractivity contribution in [2.75, 3.05) is 0 Å². The van der Waals surface area contributed by atoms with E-state index < -0.39 is 17.6 Å². The Labute approximate surface area is 194 Å². The normalized spacial score (nSPS) is 11.4. The van der Waals surface area contributed by atoms with E-state index in [1.807, 2.05) is 56.3 Å². The predicted molar refractivity (Wildman–Crippen MR) is 129 cm³/mol. The van der Waals surface area contributed by atoms with E-state index in [0.717, 1.165) is 36.5 Å². The highest BCUT2D eigenvalue weighted by Gasteiger charge is 2.16. The highest BCUT2D eigenvalue weighted by molar-refractivity contribution is 5.91. The van der Waals surface area contributed by atoms with Crippen LogP contribution in [-0.2, 0) is 12.8 Å². The standard InChI is InChI=1S/C29H28F2O2/c1-3-5-7-9-21-11-14-23(15-12-21)25-18-16-24(20-28(25)31)33-29(32)26-17-13-22(19-27(26)30)10-8-6-4-2/h3-6,11-20H,7-10H2,1-2H3/b5-3+,6-4+. The summed E-state index contributed by atoms with van der Waals surface area (Å²) in [6.07, 6.45) is 11.4. The zero-order valence-corrected chi connectivity index (χ0v) is 19.0. The number of ether oxygens (including phenoxy) is 1. The van der Waals surface area contributed by atoms with E-state index in [-0.39, 0.29) is 11.3 Å². The summed E-state index contributed by atoms with van der Waals surface area (Å²) >= 11 is 0. The molecule has 0 N–H and O–H groups in total. The van der Waals surface area contributed by atoms with Gasteiger partial charge in [-0.1, -0.05) is 54.6 Å². The number of esters is 1. The Morgan fingerprint density at radius 1 is 0.788 bits per heavy atom. The minimum Gasteiger partial charge on any atom is -0.423 e. The topological polar surface area (TPSA) is 26.3 Å². The Kier molecular flexibility index (Phi) is 8.71. The van der Waals surface area contributed by atoms with Gasteiger partial charge < -0.3 is 4.74 Å². The van der Waals surface area contributed by atoms with Gasteiger partial charge in [-0.3, -0.25) is 0 Å². The second-order valence-electron chi connectivity index (χ2n) is 7.76.